The van der Waals surface area contributed by atoms with Crippen LogP contribution in [0, 0.1) is 0 Å². The Balaban J connectivity index is 1.36. The molecular formula is C21H21ClN4O2S. The van der Waals surface area contributed by atoms with E-state index in [4.69, 9.17) is 21.3 Å². The van der Waals surface area contributed by atoms with Crippen molar-refractivity contribution in [2.75, 3.05) is 37.7 Å². The van der Waals surface area contributed by atoms with Crippen molar-refractivity contribution in [1.29, 1.82) is 0 Å². The van der Waals surface area contributed by atoms with Gasteiger partial charge in [0.2, 0.25) is 0 Å². The molecule has 1 saturated heterocycles. The lowest BCUT2D eigenvalue weighted by molar-refractivity contribution is -0.112. The largest absolute Gasteiger partial charge is 0.378 e. The highest BCUT2D eigenvalue weighted by atomic mass is 35.5. The molecule has 2 aromatic heterocycles. The first-order valence-electron chi connectivity index (χ1n) is 9.78. The molecule has 8 heteroatoms. The monoisotopic (exact) mass is 428 g/mol. The molecule has 3 aromatic rings. The van der Waals surface area contributed by atoms with Gasteiger partial charge in [0.05, 0.1) is 40.2 Å². The Bertz CT molecular complexity index is 1050. The molecule has 0 saturated carbocycles. The summed E-state index contributed by atoms with van der Waals surface area (Å²) >= 11 is 7.76. The van der Waals surface area contributed by atoms with Gasteiger partial charge in [0, 0.05) is 55.1 Å². The van der Waals surface area contributed by atoms with Crippen molar-refractivity contribution in [3.8, 4) is 0 Å². The molecule has 0 aliphatic carbocycles. The smallest absolute Gasteiger partial charge is 0.141 e. The van der Waals surface area contributed by atoms with Crippen LogP contribution in [0.2, 0.25) is 5.02 Å². The highest BCUT2D eigenvalue weighted by Gasteiger charge is 2.34. The summed E-state index contributed by atoms with van der Waals surface area (Å²) in [5, 5.41) is 1.79. The Morgan fingerprint density at radius 3 is 2.97 bits per heavy atom. The van der Waals surface area contributed by atoms with Gasteiger partial charge >= 0.3 is 0 Å². The first kappa shape index (κ1) is 18.9. The summed E-state index contributed by atoms with van der Waals surface area (Å²) in [7, 11) is 0. The van der Waals surface area contributed by atoms with Crippen LogP contribution in [0.1, 0.15) is 22.3 Å². The van der Waals surface area contributed by atoms with E-state index >= 15 is 0 Å². The number of hydrogen-bond donors (Lipinski definition) is 0. The van der Waals surface area contributed by atoms with E-state index in [-0.39, 0.29) is 6.04 Å². The second-order valence-electron chi connectivity index (χ2n) is 7.31. The highest BCUT2D eigenvalue weighted by Crippen LogP contribution is 2.38. The number of aromatic nitrogens is 2. The van der Waals surface area contributed by atoms with E-state index in [1.165, 1.54) is 0 Å². The van der Waals surface area contributed by atoms with Crippen molar-refractivity contribution in [2.45, 2.75) is 19.0 Å². The lowest BCUT2D eigenvalue weighted by Gasteiger charge is -2.31. The van der Waals surface area contributed by atoms with Crippen molar-refractivity contribution in [1.82, 2.24) is 14.9 Å². The average Bonchev–Trinajstić information content (AvgIpc) is 3.32. The number of halogens is 1. The molecule has 0 amide bonds. The number of pyridine rings is 1. The third-order valence-electron chi connectivity index (χ3n) is 5.58. The van der Waals surface area contributed by atoms with E-state index < -0.39 is 0 Å². The maximum absolute atomic E-state index is 12.1. The lowest BCUT2D eigenvalue weighted by atomic mass is 10.1. The molecule has 5 rings (SSSR count). The van der Waals surface area contributed by atoms with Gasteiger partial charge in [-0.25, -0.2) is 4.98 Å². The third kappa shape index (κ3) is 3.64. The van der Waals surface area contributed by atoms with E-state index in [2.05, 4.69) is 14.8 Å². The molecule has 1 atom stereocenters. The number of benzene rings is 1. The van der Waals surface area contributed by atoms with Crippen molar-refractivity contribution in [2.24, 2.45) is 0 Å². The zero-order valence-corrected chi connectivity index (χ0v) is 17.5. The lowest BCUT2D eigenvalue weighted by Crippen LogP contribution is -2.37. The van der Waals surface area contributed by atoms with Crippen LogP contribution < -0.4 is 4.90 Å². The van der Waals surface area contributed by atoms with Crippen molar-refractivity contribution in [3.63, 3.8) is 0 Å². The number of anilines is 1. The van der Waals surface area contributed by atoms with Crippen LogP contribution in [0.4, 0.5) is 5.69 Å². The van der Waals surface area contributed by atoms with Crippen molar-refractivity contribution in [3.05, 3.63) is 51.7 Å². The number of aldehydes is 1. The molecule has 29 heavy (non-hydrogen) atoms. The maximum Gasteiger partial charge on any atom is 0.141 e. The Morgan fingerprint density at radius 2 is 2.14 bits per heavy atom. The van der Waals surface area contributed by atoms with Gasteiger partial charge in [-0.2, -0.15) is 0 Å². The molecule has 0 N–H and O–H groups in total. The Kier molecular flexibility index (Phi) is 5.22. The van der Waals surface area contributed by atoms with E-state index in [0.29, 0.717) is 19.8 Å². The Morgan fingerprint density at radius 1 is 1.28 bits per heavy atom. The van der Waals surface area contributed by atoms with Gasteiger partial charge in [-0.15, -0.1) is 11.3 Å². The van der Waals surface area contributed by atoms with Crippen LogP contribution >= 0.6 is 22.9 Å². The number of hydrogen-bond acceptors (Lipinski definition) is 7. The molecule has 150 valence electrons. The number of fused-ring (bicyclic) bond motifs is 2. The van der Waals surface area contributed by atoms with Crippen LogP contribution in [0.3, 0.4) is 0 Å². The zero-order valence-electron chi connectivity index (χ0n) is 15.9. The minimum Gasteiger partial charge on any atom is -0.378 e. The van der Waals surface area contributed by atoms with E-state index in [0.717, 1.165) is 69.5 Å². The number of rotatable bonds is 5. The maximum atomic E-state index is 12.1. The summed E-state index contributed by atoms with van der Waals surface area (Å²) in [5.41, 5.74) is 4.15. The fourth-order valence-electron chi connectivity index (χ4n) is 4.17. The van der Waals surface area contributed by atoms with Crippen LogP contribution in [0.25, 0.3) is 10.2 Å². The molecule has 2 aliphatic rings. The summed E-state index contributed by atoms with van der Waals surface area (Å²) < 4.78 is 6.58. The predicted molar refractivity (Wildman–Crippen MR) is 115 cm³/mol. The standard InChI is InChI=1S/C21H21ClN4O2S/c22-14-1-2-15-19(11-14)29-20(24-15)4-6-26-12-16-21(18(26)13-27)17(3-5-23-16)25-7-9-28-10-8-25/h1-3,5,11,13,18H,4,6-10,12H2. The van der Waals surface area contributed by atoms with Gasteiger partial charge in [0.15, 0.2) is 0 Å². The molecule has 0 spiro atoms. The topological polar surface area (TPSA) is 58.6 Å². The zero-order chi connectivity index (χ0) is 19.8. The number of carbonyl (C=O) groups is 1. The Labute approximate surface area is 178 Å². The summed E-state index contributed by atoms with van der Waals surface area (Å²) in [4.78, 5) is 25.9. The summed E-state index contributed by atoms with van der Waals surface area (Å²) in [6.45, 7) is 4.57. The molecule has 4 heterocycles. The van der Waals surface area contributed by atoms with Gasteiger partial charge in [-0.05, 0) is 24.3 Å². The Hall–Kier alpha value is -2.06. The number of thiazole rings is 1. The predicted octanol–water partition coefficient (Wildman–Crippen LogP) is 3.48. The molecule has 0 radical (unpaired) electrons. The van der Waals surface area contributed by atoms with Crippen LogP contribution in [-0.2, 0) is 22.5 Å². The summed E-state index contributed by atoms with van der Waals surface area (Å²) in [6.07, 6.45) is 3.70. The number of carbonyl (C=O) groups excluding carboxylic acids is 1. The van der Waals surface area contributed by atoms with E-state index in [1.54, 1.807) is 11.3 Å². The quantitative estimate of drug-likeness (QED) is 0.580. The van der Waals surface area contributed by atoms with E-state index in [1.807, 2.05) is 30.5 Å². The molecule has 1 unspecified atom stereocenters. The first-order valence-corrected chi connectivity index (χ1v) is 11.0. The van der Waals surface area contributed by atoms with Crippen LogP contribution in [0.15, 0.2) is 30.5 Å². The van der Waals surface area contributed by atoms with Gasteiger partial charge < -0.3 is 14.4 Å². The highest BCUT2D eigenvalue weighted by molar-refractivity contribution is 7.18. The van der Waals surface area contributed by atoms with Gasteiger partial charge in [-0.3, -0.25) is 9.88 Å². The molecule has 2 aliphatic heterocycles. The second kappa shape index (κ2) is 7.99. The van der Waals surface area contributed by atoms with Gasteiger partial charge in [0.25, 0.3) is 0 Å². The normalized spacial score (nSPS) is 19.6. The second-order valence-corrected chi connectivity index (χ2v) is 8.86. The van der Waals surface area contributed by atoms with Crippen molar-refractivity contribution >= 4 is 45.1 Å². The molecule has 0 bridgehead atoms. The minimum absolute atomic E-state index is 0.264. The molecular weight excluding hydrogens is 408 g/mol. The van der Waals surface area contributed by atoms with Crippen LogP contribution in [0.5, 0.6) is 0 Å². The SMILES string of the molecule is O=CC1c2c(N3CCOCC3)ccnc2CN1CCc1nc2ccc(Cl)cc2s1. The summed E-state index contributed by atoms with van der Waals surface area (Å²) in [5.74, 6) is 0. The van der Waals surface area contributed by atoms with Crippen LogP contribution in [-0.4, -0.2) is 54.0 Å². The van der Waals surface area contributed by atoms with Gasteiger partial charge in [-0.1, -0.05) is 11.6 Å². The number of ether oxygens (including phenoxy) is 1. The molecule has 6 nitrogen and oxygen atoms in total. The third-order valence-corrected chi connectivity index (χ3v) is 6.89. The fraction of sp³-hybridized carbons (Fsp3) is 0.381. The first-order chi connectivity index (χ1) is 14.2. The van der Waals surface area contributed by atoms with E-state index in [9.17, 15) is 4.79 Å². The average molecular weight is 429 g/mol. The molecule has 1 aromatic carbocycles. The molecule has 1 fully saturated rings. The fourth-order valence-corrected chi connectivity index (χ4v) is 5.40. The minimum atomic E-state index is -0.264. The number of morpholine rings is 1. The number of nitrogens with zero attached hydrogens (tertiary/aromatic N) is 4. The van der Waals surface area contributed by atoms with Crippen molar-refractivity contribution < 1.29 is 9.53 Å². The van der Waals surface area contributed by atoms with Gasteiger partial charge in [0.1, 0.15) is 6.29 Å². The summed E-state index contributed by atoms with van der Waals surface area (Å²) in [6, 6.07) is 7.54.